The van der Waals surface area contributed by atoms with Crippen LogP contribution in [0.2, 0.25) is 0 Å². The van der Waals surface area contributed by atoms with E-state index in [9.17, 15) is 22.8 Å². The van der Waals surface area contributed by atoms with Crippen molar-refractivity contribution < 1.29 is 27.4 Å². The molecule has 0 unspecified atom stereocenters. The average molecular weight is 407 g/mol. The maximum absolute atomic E-state index is 12.8. The Hall–Kier alpha value is -3.62. The standard InChI is InChI=1S/C21H13NO6S/c23-19-15-3-1-2-4-16(15)20(24)18-11-12(5-10-17(18)19)21(25)22-13-6-8-14(9-7-13)29(26,27)28/h1-11H,(H,22,25)(H,26,27,28). The van der Waals surface area contributed by atoms with Gasteiger partial charge in [0.15, 0.2) is 11.6 Å². The fourth-order valence-corrected chi connectivity index (χ4v) is 3.63. The molecule has 7 nitrogen and oxygen atoms in total. The lowest BCUT2D eigenvalue weighted by molar-refractivity contribution is 0.0978. The first-order valence-electron chi connectivity index (χ1n) is 8.47. The summed E-state index contributed by atoms with van der Waals surface area (Å²) < 4.78 is 31.1. The Morgan fingerprint density at radius 1 is 0.759 bits per heavy atom. The van der Waals surface area contributed by atoms with Crippen LogP contribution >= 0.6 is 0 Å². The monoisotopic (exact) mass is 407 g/mol. The highest BCUT2D eigenvalue weighted by molar-refractivity contribution is 7.85. The molecule has 1 aliphatic rings. The molecule has 29 heavy (non-hydrogen) atoms. The van der Waals surface area contributed by atoms with Crippen molar-refractivity contribution in [1.29, 1.82) is 0 Å². The lowest BCUT2D eigenvalue weighted by atomic mass is 9.83. The SMILES string of the molecule is O=C(Nc1ccc(S(=O)(=O)O)cc1)c1ccc2c(c1)C(=O)c1ccccc1C2=O. The van der Waals surface area contributed by atoms with Gasteiger partial charge in [0, 0.05) is 33.5 Å². The topological polar surface area (TPSA) is 118 Å². The van der Waals surface area contributed by atoms with Crippen LogP contribution < -0.4 is 5.32 Å². The Kier molecular flexibility index (Phi) is 4.37. The first-order chi connectivity index (χ1) is 13.8. The zero-order valence-electron chi connectivity index (χ0n) is 14.7. The minimum atomic E-state index is -4.33. The number of fused-ring (bicyclic) bond motifs is 2. The molecule has 4 rings (SSSR count). The van der Waals surface area contributed by atoms with Gasteiger partial charge in [-0.15, -0.1) is 0 Å². The van der Waals surface area contributed by atoms with E-state index in [1.165, 1.54) is 30.3 Å². The Morgan fingerprint density at radius 2 is 1.31 bits per heavy atom. The summed E-state index contributed by atoms with van der Waals surface area (Å²) in [5.41, 5.74) is 1.49. The molecule has 0 radical (unpaired) electrons. The number of nitrogens with one attached hydrogen (secondary N) is 1. The molecule has 0 bridgehead atoms. The van der Waals surface area contributed by atoms with Crippen LogP contribution in [0.25, 0.3) is 0 Å². The molecule has 0 aromatic heterocycles. The van der Waals surface area contributed by atoms with E-state index in [1.54, 1.807) is 24.3 Å². The maximum Gasteiger partial charge on any atom is 0.294 e. The molecule has 0 spiro atoms. The predicted octanol–water partition coefficient (Wildman–Crippen LogP) is 2.96. The van der Waals surface area contributed by atoms with Crippen molar-refractivity contribution in [2.24, 2.45) is 0 Å². The van der Waals surface area contributed by atoms with Gasteiger partial charge in [-0.25, -0.2) is 0 Å². The highest BCUT2D eigenvalue weighted by Gasteiger charge is 2.29. The van der Waals surface area contributed by atoms with Crippen molar-refractivity contribution in [3.8, 4) is 0 Å². The first kappa shape index (κ1) is 18.7. The molecule has 0 atom stereocenters. The van der Waals surface area contributed by atoms with Gasteiger partial charge < -0.3 is 5.32 Å². The summed E-state index contributed by atoms with van der Waals surface area (Å²) in [6.07, 6.45) is 0. The zero-order chi connectivity index (χ0) is 20.8. The van der Waals surface area contributed by atoms with Crippen molar-refractivity contribution >= 4 is 33.3 Å². The van der Waals surface area contributed by atoms with E-state index in [0.717, 1.165) is 12.1 Å². The van der Waals surface area contributed by atoms with E-state index in [2.05, 4.69) is 5.32 Å². The molecule has 1 amide bonds. The van der Waals surface area contributed by atoms with Crippen molar-refractivity contribution in [2.75, 3.05) is 5.32 Å². The lowest BCUT2D eigenvalue weighted by Crippen LogP contribution is -2.22. The van der Waals surface area contributed by atoms with E-state index in [1.807, 2.05) is 0 Å². The largest absolute Gasteiger partial charge is 0.322 e. The van der Waals surface area contributed by atoms with Crippen LogP contribution in [0.3, 0.4) is 0 Å². The summed E-state index contributed by atoms with van der Waals surface area (Å²) in [7, 11) is -4.33. The van der Waals surface area contributed by atoms with E-state index < -0.39 is 16.0 Å². The molecular formula is C21H13NO6S. The van der Waals surface area contributed by atoms with Gasteiger partial charge in [-0.1, -0.05) is 24.3 Å². The van der Waals surface area contributed by atoms with Crippen LogP contribution in [0.4, 0.5) is 5.69 Å². The minimum absolute atomic E-state index is 0.156. The summed E-state index contributed by atoms with van der Waals surface area (Å²) in [6, 6.07) is 15.7. The first-order valence-corrected chi connectivity index (χ1v) is 9.91. The molecular weight excluding hydrogens is 394 g/mol. The normalized spacial score (nSPS) is 12.9. The third kappa shape index (κ3) is 3.35. The van der Waals surface area contributed by atoms with Crippen LogP contribution in [-0.2, 0) is 10.1 Å². The van der Waals surface area contributed by atoms with Crippen molar-refractivity contribution in [2.45, 2.75) is 4.90 Å². The number of ketones is 2. The number of hydrogen-bond donors (Lipinski definition) is 2. The summed E-state index contributed by atoms with van der Waals surface area (Å²) in [5.74, 6) is -1.14. The van der Waals surface area contributed by atoms with Gasteiger partial charge >= 0.3 is 0 Å². The van der Waals surface area contributed by atoms with Gasteiger partial charge in [0.25, 0.3) is 16.0 Å². The lowest BCUT2D eigenvalue weighted by Gasteiger charge is -2.18. The van der Waals surface area contributed by atoms with Crippen LogP contribution in [-0.4, -0.2) is 30.4 Å². The summed E-state index contributed by atoms with van der Waals surface area (Å²) in [5, 5.41) is 2.58. The van der Waals surface area contributed by atoms with Gasteiger partial charge in [0.05, 0.1) is 4.90 Å². The third-order valence-electron chi connectivity index (χ3n) is 4.60. The predicted molar refractivity (Wildman–Crippen MR) is 104 cm³/mol. The second-order valence-electron chi connectivity index (χ2n) is 6.42. The van der Waals surface area contributed by atoms with Gasteiger partial charge in [-0.2, -0.15) is 8.42 Å². The maximum atomic E-state index is 12.8. The quantitative estimate of drug-likeness (QED) is 0.504. The smallest absolute Gasteiger partial charge is 0.294 e. The molecule has 144 valence electrons. The molecule has 0 saturated heterocycles. The number of carbonyl (C=O) groups excluding carboxylic acids is 3. The fraction of sp³-hybridized carbons (Fsp3) is 0. The Balaban J connectivity index is 1.63. The van der Waals surface area contributed by atoms with E-state index >= 15 is 0 Å². The van der Waals surface area contributed by atoms with Gasteiger partial charge in [-0.05, 0) is 42.5 Å². The highest BCUT2D eigenvalue weighted by atomic mass is 32.2. The van der Waals surface area contributed by atoms with Crippen LogP contribution in [0.1, 0.15) is 42.2 Å². The van der Waals surface area contributed by atoms with E-state index in [4.69, 9.17) is 4.55 Å². The molecule has 1 aliphatic carbocycles. The van der Waals surface area contributed by atoms with E-state index in [0.29, 0.717) is 16.8 Å². The van der Waals surface area contributed by atoms with Gasteiger partial charge in [-0.3, -0.25) is 18.9 Å². The minimum Gasteiger partial charge on any atom is -0.322 e. The number of carbonyl (C=O) groups is 3. The molecule has 3 aromatic carbocycles. The van der Waals surface area contributed by atoms with Gasteiger partial charge in [0.1, 0.15) is 0 Å². The second-order valence-corrected chi connectivity index (χ2v) is 7.84. The van der Waals surface area contributed by atoms with Crippen LogP contribution in [0.15, 0.2) is 71.6 Å². The summed E-state index contributed by atoms with van der Waals surface area (Å²) in [6.45, 7) is 0. The molecule has 0 aliphatic heterocycles. The number of benzene rings is 3. The number of hydrogen-bond acceptors (Lipinski definition) is 5. The molecule has 0 fully saturated rings. The third-order valence-corrected chi connectivity index (χ3v) is 5.47. The molecule has 2 N–H and O–H groups in total. The second kappa shape index (κ2) is 6.77. The van der Waals surface area contributed by atoms with Gasteiger partial charge in [0.2, 0.25) is 0 Å². The fourth-order valence-electron chi connectivity index (χ4n) is 3.15. The van der Waals surface area contributed by atoms with Crippen molar-refractivity contribution in [1.82, 2.24) is 0 Å². The van der Waals surface area contributed by atoms with Crippen LogP contribution in [0, 0.1) is 0 Å². The molecule has 0 heterocycles. The molecule has 8 heteroatoms. The number of amides is 1. The Morgan fingerprint density at radius 3 is 1.90 bits per heavy atom. The summed E-state index contributed by atoms with van der Waals surface area (Å²) in [4.78, 5) is 37.6. The van der Waals surface area contributed by atoms with E-state index in [-0.39, 0.29) is 33.2 Å². The average Bonchev–Trinajstić information content (AvgIpc) is 2.71. The Labute approximate surface area is 165 Å². The summed E-state index contributed by atoms with van der Waals surface area (Å²) >= 11 is 0. The van der Waals surface area contributed by atoms with Crippen molar-refractivity contribution in [3.05, 3.63) is 94.5 Å². The Bertz CT molecular complexity index is 1290. The van der Waals surface area contributed by atoms with Crippen LogP contribution in [0.5, 0.6) is 0 Å². The number of rotatable bonds is 3. The number of anilines is 1. The molecule has 0 saturated carbocycles. The zero-order valence-corrected chi connectivity index (χ0v) is 15.6. The van der Waals surface area contributed by atoms with Crippen molar-refractivity contribution in [3.63, 3.8) is 0 Å². The molecule has 3 aromatic rings. The highest BCUT2D eigenvalue weighted by Crippen LogP contribution is 2.28.